The lowest BCUT2D eigenvalue weighted by Crippen LogP contribution is -2.11. The van der Waals surface area contributed by atoms with Crippen LogP contribution < -0.4 is 14.2 Å². The van der Waals surface area contributed by atoms with Gasteiger partial charge in [0.1, 0.15) is 11.3 Å². The fourth-order valence-electron chi connectivity index (χ4n) is 2.55. The molecule has 26 heavy (non-hydrogen) atoms. The molecule has 1 aliphatic rings. The van der Waals surface area contributed by atoms with Crippen molar-refractivity contribution >= 4 is 24.1 Å². The number of carbonyl (C=O) groups excluding carboxylic acids is 2. The zero-order valence-corrected chi connectivity index (χ0v) is 14.5. The summed E-state index contributed by atoms with van der Waals surface area (Å²) in [7, 11) is 0. The van der Waals surface area contributed by atoms with E-state index >= 15 is 0 Å². The summed E-state index contributed by atoms with van der Waals surface area (Å²) in [5.74, 6) is 0.489. The van der Waals surface area contributed by atoms with Gasteiger partial charge in [0.2, 0.25) is 6.79 Å². The van der Waals surface area contributed by atoms with E-state index in [1.165, 1.54) is 6.92 Å². The monoisotopic (exact) mass is 354 g/mol. The summed E-state index contributed by atoms with van der Waals surface area (Å²) < 4.78 is 20.9. The summed E-state index contributed by atoms with van der Waals surface area (Å²) in [6.45, 7) is 3.43. The second-order valence-corrected chi connectivity index (χ2v) is 5.48. The molecule has 0 unspecified atom stereocenters. The Labute approximate surface area is 150 Å². The van der Waals surface area contributed by atoms with Gasteiger partial charge in [-0.05, 0) is 36.2 Å². The van der Waals surface area contributed by atoms with Gasteiger partial charge < -0.3 is 18.9 Å². The summed E-state index contributed by atoms with van der Waals surface area (Å²) in [6, 6.07) is 10.6. The first kappa shape index (κ1) is 17.5. The predicted molar refractivity (Wildman–Crippen MR) is 95.2 cm³/mol. The molecule has 134 valence electrons. The van der Waals surface area contributed by atoms with Crippen molar-refractivity contribution in [3.8, 4) is 17.2 Å². The Bertz CT molecular complexity index is 869. The third-order valence-electron chi connectivity index (χ3n) is 3.64. The van der Waals surface area contributed by atoms with Crippen molar-refractivity contribution in [3.63, 3.8) is 0 Å². The summed E-state index contributed by atoms with van der Waals surface area (Å²) in [5, 5.41) is 0. The number of benzene rings is 2. The summed E-state index contributed by atoms with van der Waals surface area (Å²) in [5.41, 5.74) is 1.67. The Hall–Kier alpha value is -3.28. The van der Waals surface area contributed by atoms with Gasteiger partial charge in [-0.3, -0.25) is 4.79 Å². The van der Waals surface area contributed by atoms with Crippen LogP contribution in [0.4, 0.5) is 0 Å². The van der Waals surface area contributed by atoms with Gasteiger partial charge in [0.05, 0.1) is 6.61 Å². The van der Waals surface area contributed by atoms with E-state index in [0.29, 0.717) is 17.1 Å². The van der Waals surface area contributed by atoms with Gasteiger partial charge in [0.15, 0.2) is 11.5 Å². The fourth-order valence-corrected chi connectivity index (χ4v) is 2.55. The van der Waals surface area contributed by atoms with Gasteiger partial charge in [0, 0.05) is 6.92 Å². The van der Waals surface area contributed by atoms with Crippen molar-refractivity contribution in [3.05, 3.63) is 53.1 Å². The highest BCUT2D eigenvalue weighted by Crippen LogP contribution is 2.33. The SMILES string of the molecule is CCOC(=O)c1c(C=Cc2ccc3c(c2)OCO3)cccc1OC(C)=O. The normalized spacial score (nSPS) is 12.2. The number of hydrogen-bond acceptors (Lipinski definition) is 6. The maximum atomic E-state index is 12.3. The molecule has 6 nitrogen and oxygen atoms in total. The van der Waals surface area contributed by atoms with Crippen molar-refractivity contribution < 1.29 is 28.5 Å². The third kappa shape index (κ3) is 3.85. The van der Waals surface area contributed by atoms with E-state index in [-0.39, 0.29) is 24.7 Å². The Morgan fingerprint density at radius 1 is 1.12 bits per heavy atom. The minimum atomic E-state index is -0.547. The molecule has 0 atom stereocenters. The van der Waals surface area contributed by atoms with Crippen LogP contribution in [0.15, 0.2) is 36.4 Å². The van der Waals surface area contributed by atoms with Gasteiger partial charge in [-0.15, -0.1) is 0 Å². The minimum absolute atomic E-state index is 0.170. The summed E-state index contributed by atoms with van der Waals surface area (Å²) in [4.78, 5) is 23.7. The molecule has 1 heterocycles. The van der Waals surface area contributed by atoms with E-state index in [4.69, 9.17) is 18.9 Å². The van der Waals surface area contributed by atoms with E-state index < -0.39 is 11.9 Å². The molecule has 0 saturated carbocycles. The maximum Gasteiger partial charge on any atom is 0.342 e. The molecular weight excluding hydrogens is 336 g/mol. The second-order valence-electron chi connectivity index (χ2n) is 5.48. The Morgan fingerprint density at radius 2 is 1.92 bits per heavy atom. The molecule has 0 bridgehead atoms. The van der Waals surface area contributed by atoms with Crippen LogP contribution in [0.1, 0.15) is 35.3 Å². The molecule has 0 saturated heterocycles. The predicted octanol–water partition coefficient (Wildman–Crippen LogP) is 3.69. The molecule has 6 heteroatoms. The molecule has 1 aliphatic heterocycles. The number of fused-ring (bicyclic) bond motifs is 1. The van der Waals surface area contributed by atoms with Crippen molar-refractivity contribution in [2.24, 2.45) is 0 Å². The Morgan fingerprint density at radius 3 is 2.69 bits per heavy atom. The highest BCUT2D eigenvalue weighted by Gasteiger charge is 2.19. The molecule has 2 aromatic rings. The van der Waals surface area contributed by atoms with Crippen molar-refractivity contribution in [2.45, 2.75) is 13.8 Å². The van der Waals surface area contributed by atoms with Crippen LogP contribution >= 0.6 is 0 Å². The number of hydrogen-bond donors (Lipinski definition) is 0. The number of esters is 2. The molecule has 0 amide bonds. The molecule has 0 aliphatic carbocycles. The van der Waals surface area contributed by atoms with Crippen LogP contribution in [-0.2, 0) is 9.53 Å². The van der Waals surface area contributed by atoms with E-state index in [2.05, 4.69) is 0 Å². The lowest BCUT2D eigenvalue weighted by Gasteiger charge is -2.11. The molecule has 0 N–H and O–H groups in total. The lowest BCUT2D eigenvalue weighted by atomic mass is 10.0. The van der Waals surface area contributed by atoms with Crippen LogP contribution in [0, 0.1) is 0 Å². The maximum absolute atomic E-state index is 12.3. The number of rotatable bonds is 5. The van der Waals surface area contributed by atoms with E-state index in [0.717, 1.165) is 5.56 Å². The topological polar surface area (TPSA) is 71.1 Å². The second kappa shape index (κ2) is 7.74. The smallest absolute Gasteiger partial charge is 0.342 e. The standard InChI is InChI=1S/C20H18O6/c1-3-23-20(22)19-15(5-4-6-17(19)26-13(2)21)9-7-14-8-10-16-18(11-14)25-12-24-16/h4-11H,3,12H2,1-2H3. The van der Waals surface area contributed by atoms with E-state index in [1.807, 2.05) is 24.3 Å². The molecule has 3 rings (SSSR count). The zero-order valence-electron chi connectivity index (χ0n) is 14.5. The molecule has 0 fully saturated rings. The molecule has 2 aromatic carbocycles. The van der Waals surface area contributed by atoms with Crippen LogP contribution in [0.3, 0.4) is 0 Å². The van der Waals surface area contributed by atoms with Gasteiger partial charge in [0.25, 0.3) is 0 Å². The largest absolute Gasteiger partial charge is 0.462 e. The van der Waals surface area contributed by atoms with Gasteiger partial charge in [-0.1, -0.05) is 30.4 Å². The van der Waals surface area contributed by atoms with Crippen LogP contribution in [0.2, 0.25) is 0 Å². The molecule has 0 spiro atoms. The average molecular weight is 354 g/mol. The van der Waals surface area contributed by atoms with Crippen molar-refractivity contribution in [1.29, 1.82) is 0 Å². The molecule has 0 radical (unpaired) electrons. The lowest BCUT2D eigenvalue weighted by molar-refractivity contribution is -0.131. The first-order chi connectivity index (χ1) is 12.6. The minimum Gasteiger partial charge on any atom is -0.462 e. The number of ether oxygens (including phenoxy) is 4. The third-order valence-corrected chi connectivity index (χ3v) is 3.64. The van der Waals surface area contributed by atoms with E-state index in [1.54, 1.807) is 31.2 Å². The van der Waals surface area contributed by atoms with Crippen LogP contribution in [0.5, 0.6) is 17.2 Å². The van der Waals surface area contributed by atoms with Crippen LogP contribution in [-0.4, -0.2) is 25.3 Å². The van der Waals surface area contributed by atoms with Crippen molar-refractivity contribution in [1.82, 2.24) is 0 Å². The zero-order chi connectivity index (χ0) is 18.5. The van der Waals surface area contributed by atoms with Crippen molar-refractivity contribution in [2.75, 3.05) is 13.4 Å². The quantitative estimate of drug-likeness (QED) is 0.463. The van der Waals surface area contributed by atoms with Gasteiger partial charge in [-0.25, -0.2) is 4.79 Å². The number of carbonyl (C=O) groups is 2. The highest BCUT2D eigenvalue weighted by atomic mass is 16.7. The average Bonchev–Trinajstić information content (AvgIpc) is 3.07. The first-order valence-electron chi connectivity index (χ1n) is 8.14. The Balaban J connectivity index is 1.95. The Kier molecular flexibility index (Phi) is 5.22. The highest BCUT2D eigenvalue weighted by molar-refractivity contribution is 5.98. The molecular formula is C20H18O6. The van der Waals surface area contributed by atoms with Crippen LogP contribution in [0.25, 0.3) is 12.2 Å². The molecule has 0 aromatic heterocycles. The fraction of sp³-hybridized carbons (Fsp3) is 0.200. The summed E-state index contributed by atoms with van der Waals surface area (Å²) >= 11 is 0. The van der Waals surface area contributed by atoms with Gasteiger partial charge in [-0.2, -0.15) is 0 Å². The first-order valence-corrected chi connectivity index (χ1v) is 8.14. The van der Waals surface area contributed by atoms with Gasteiger partial charge >= 0.3 is 11.9 Å². The van der Waals surface area contributed by atoms with E-state index in [9.17, 15) is 9.59 Å². The summed E-state index contributed by atoms with van der Waals surface area (Å²) in [6.07, 6.45) is 3.59.